The largest absolute Gasteiger partial charge is 0.508 e. The third-order valence-corrected chi connectivity index (χ3v) is 1.89. The van der Waals surface area contributed by atoms with E-state index in [4.69, 9.17) is 10.2 Å². The first-order valence-corrected chi connectivity index (χ1v) is 4.13. The summed E-state index contributed by atoms with van der Waals surface area (Å²) in [6.07, 6.45) is 0. The van der Waals surface area contributed by atoms with Crippen molar-refractivity contribution in [2.45, 2.75) is 11.4 Å². The van der Waals surface area contributed by atoms with Crippen molar-refractivity contribution in [3.05, 3.63) is 23.8 Å². The van der Waals surface area contributed by atoms with E-state index in [1.807, 2.05) is 0 Å². The first-order chi connectivity index (χ1) is 5.39. The summed E-state index contributed by atoms with van der Waals surface area (Å²) in [6.45, 7) is 1.50. The number of halogens is 1. The Kier molecular flexibility index (Phi) is 2.30. The van der Waals surface area contributed by atoms with Gasteiger partial charge in [0.05, 0.1) is 0 Å². The van der Waals surface area contributed by atoms with Crippen molar-refractivity contribution in [1.82, 2.24) is 0 Å². The average Bonchev–Trinajstić information content (AvgIpc) is 1.82. The number of hydrogen-bond acceptors (Lipinski definition) is 3. The topological polar surface area (TPSA) is 60.7 Å². The summed E-state index contributed by atoms with van der Waals surface area (Å²) in [5.41, 5.74) is 0.403. The van der Waals surface area contributed by atoms with Crippen molar-refractivity contribution in [2.24, 2.45) is 0 Å². The highest BCUT2D eigenvalue weighted by Gasteiger charge is 2.19. The molecule has 0 radical (unpaired) electrons. The van der Waals surface area contributed by atoms with E-state index in [0.717, 1.165) is 0 Å². The highest BCUT2D eigenvalue weighted by molar-refractivity contribution is 9.09. The second kappa shape index (κ2) is 2.95. The third kappa shape index (κ3) is 2.12. The summed E-state index contributed by atoms with van der Waals surface area (Å²) in [7, 11) is 0. The molecule has 66 valence electrons. The molecule has 3 nitrogen and oxygen atoms in total. The fraction of sp³-hybridized carbons (Fsp3) is 0.250. The molecule has 1 unspecified atom stereocenters. The van der Waals surface area contributed by atoms with Gasteiger partial charge in [-0.3, -0.25) is 0 Å². The molecule has 0 heterocycles. The molecule has 0 aliphatic carbocycles. The van der Waals surface area contributed by atoms with Crippen molar-refractivity contribution < 1.29 is 15.3 Å². The van der Waals surface area contributed by atoms with Gasteiger partial charge < -0.3 is 15.3 Å². The summed E-state index contributed by atoms with van der Waals surface area (Å²) in [6, 6.07) is 3.94. The van der Waals surface area contributed by atoms with Gasteiger partial charge in [-0.15, -0.1) is 0 Å². The quantitative estimate of drug-likeness (QED) is 0.646. The Labute approximate surface area is 78.4 Å². The van der Waals surface area contributed by atoms with Crippen LogP contribution >= 0.6 is 15.9 Å². The third-order valence-electron chi connectivity index (χ3n) is 1.43. The van der Waals surface area contributed by atoms with Gasteiger partial charge in [0.15, 0.2) is 0 Å². The van der Waals surface area contributed by atoms with Crippen molar-refractivity contribution in [3.63, 3.8) is 0 Å². The minimum absolute atomic E-state index is 0.0790. The smallest absolute Gasteiger partial charge is 0.142 e. The van der Waals surface area contributed by atoms with Crippen LogP contribution < -0.4 is 0 Å². The molecule has 0 aliphatic rings. The molecular formula is C8H9BrO3. The molecular weight excluding hydrogens is 224 g/mol. The molecule has 0 saturated heterocycles. The number of phenolic OH excluding ortho intramolecular Hbond substituents is 2. The predicted molar refractivity (Wildman–Crippen MR) is 48.3 cm³/mol. The SMILES string of the molecule is CC(O)(Br)c1cc(O)cc(O)c1. The molecule has 0 bridgehead atoms. The van der Waals surface area contributed by atoms with Crippen LogP contribution in [0.2, 0.25) is 0 Å². The van der Waals surface area contributed by atoms with E-state index in [-0.39, 0.29) is 11.5 Å². The molecule has 12 heavy (non-hydrogen) atoms. The highest BCUT2D eigenvalue weighted by atomic mass is 79.9. The minimum atomic E-state index is -1.23. The van der Waals surface area contributed by atoms with Crippen LogP contribution in [0.25, 0.3) is 0 Å². The fourth-order valence-corrected chi connectivity index (χ4v) is 1.09. The normalized spacial score (nSPS) is 15.6. The van der Waals surface area contributed by atoms with Gasteiger partial charge in [-0.05, 0) is 35.0 Å². The fourth-order valence-electron chi connectivity index (χ4n) is 0.859. The number of aromatic hydroxyl groups is 2. The molecule has 0 fully saturated rings. The van der Waals surface area contributed by atoms with E-state index < -0.39 is 4.51 Å². The van der Waals surface area contributed by atoms with Crippen molar-refractivity contribution >= 4 is 15.9 Å². The second-order valence-electron chi connectivity index (χ2n) is 2.69. The second-order valence-corrected chi connectivity index (χ2v) is 4.24. The van der Waals surface area contributed by atoms with E-state index in [0.29, 0.717) is 5.56 Å². The molecule has 1 atom stereocenters. The minimum Gasteiger partial charge on any atom is -0.508 e. The molecule has 3 N–H and O–H groups in total. The number of rotatable bonds is 1. The van der Waals surface area contributed by atoms with Gasteiger partial charge in [0.1, 0.15) is 16.0 Å². The van der Waals surface area contributed by atoms with Crippen LogP contribution in [0.5, 0.6) is 11.5 Å². The lowest BCUT2D eigenvalue weighted by Gasteiger charge is -2.15. The van der Waals surface area contributed by atoms with Crippen LogP contribution in [-0.2, 0) is 4.51 Å². The van der Waals surface area contributed by atoms with Crippen molar-refractivity contribution in [3.8, 4) is 11.5 Å². The Hall–Kier alpha value is -0.740. The molecule has 1 rings (SSSR count). The average molecular weight is 233 g/mol. The predicted octanol–water partition coefficient (Wildman–Crippen LogP) is 1.66. The summed E-state index contributed by atoms with van der Waals surface area (Å²) in [5, 5.41) is 27.6. The first kappa shape index (κ1) is 9.35. The van der Waals surface area contributed by atoms with Gasteiger partial charge in [-0.2, -0.15) is 0 Å². The molecule has 0 aromatic heterocycles. The lowest BCUT2D eigenvalue weighted by Crippen LogP contribution is -2.10. The maximum Gasteiger partial charge on any atom is 0.142 e. The Morgan fingerprint density at radius 1 is 1.17 bits per heavy atom. The number of benzene rings is 1. The Morgan fingerprint density at radius 2 is 1.58 bits per heavy atom. The Balaban J connectivity index is 3.18. The zero-order valence-corrected chi connectivity index (χ0v) is 8.04. The van der Waals surface area contributed by atoms with Crippen molar-refractivity contribution in [1.29, 1.82) is 0 Å². The van der Waals surface area contributed by atoms with Crippen LogP contribution in [0.1, 0.15) is 12.5 Å². The lowest BCUT2D eigenvalue weighted by atomic mass is 10.1. The van der Waals surface area contributed by atoms with E-state index >= 15 is 0 Å². The van der Waals surface area contributed by atoms with Crippen LogP contribution in [0, 0.1) is 0 Å². The molecule has 0 saturated carbocycles. The summed E-state index contributed by atoms with van der Waals surface area (Å²) >= 11 is 2.99. The van der Waals surface area contributed by atoms with E-state index in [1.165, 1.54) is 25.1 Å². The number of phenols is 2. The van der Waals surface area contributed by atoms with E-state index in [9.17, 15) is 5.11 Å². The maximum atomic E-state index is 9.43. The standard InChI is InChI=1S/C8H9BrO3/c1-8(9,12)5-2-6(10)4-7(11)3-5/h2-4,10-12H,1H3. The van der Waals surface area contributed by atoms with Gasteiger partial charge in [0.2, 0.25) is 0 Å². The van der Waals surface area contributed by atoms with Gasteiger partial charge in [-0.25, -0.2) is 0 Å². The van der Waals surface area contributed by atoms with Gasteiger partial charge in [-0.1, -0.05) is 0 Å². The highest BCUT2D eigenvalue weighted by Crippen LogP contribution is 2.32. The van der Waals surface area contributed by atoms with E-state index in [2.05, 4.69) is 15.9 Å². The van der Waals surface area contributed by atoms with Crippen LogP contribution in [-0.4, -0.2) is 15.3 Å². The van der Waals surface area contributed by atoms with Gasteiger partial charge in [0.25, 0.3) is 0 Å². The summed E-state index contributed by atoms with van der Waals surface area (Å²) in [4.78, 5) is 0. The van der Waals surface area contributed by atoms with Crippen LogP contribution in [0.15, 0.2) is 18.2 Å². The number of aliphatic hydroxyl groups is 1. The molecule has 0 amide bonds. The number of alkyl halides is 1. The Morgan fingerprint density at radius 3 is 1.92 bits per heavy atom. The molecule has 0 aliphatic heterocycles. The molecule has 4 heteroatoms. The zero-order chi connectivity index (χ0) is 9.35. The summed E-state index contributed by atoms with van der Waals surface area (Å²) in [5.74, 6) is -0.158. The number of hydrogen-bond donors (Lipinski definition) is 3. The van der Waals surface area contributed by atoms with Gasteiger partial charge in [0, 0.05) is 11.6 Å². The van der Waals surface area contributed by atoms with Gasteiger partial charge >= 0.3 is 0 Å². The lowest BCUT2D eigenvalue weighted by molar-refractivity contribution is 0.166. The first-order valence-electron chi connectivity index (χ1n) is 3.34. The summed E-state index contributed by atoms with van der Waals surface area (Å²) < 4.78 is -1.23. The van der Waals surface area contributed by atoms with E-state index in [1.54, 1.807) is 0 Å². The maximum absolute atomic E-state index is 9.43. The zero-order valence-electron chi connectivity index (χ0n) is 6.45. The Bertz CT molecular complexity index is 271. The molecule has 1 aromatic carbocycles. The molecule has 0 spiro atoms. The van der Waals surface area contributed by atoms with Crippen LogP contribution in [0.3, 0.4) is 0 Å². The monoisotopic (exact) mass is 232 g/mol. The van der Waals surface area contributed by atoms with Crippen molar-refractivity contribution in [2.75, 3.05) is 0 Å². The van der Waals surface area contributed by atoms with Crippen LogP contribution in [0.4, 0.5) is 0 Å². The molecule has 1 aromatic rings.